The van der Waals surface area contributed by atoms with Gasteiger partial charge in [-0.25, -0.2) is 9.78 Å². The van der Waals surface area contributed by atoms with Crippen molar-refractivity contribution < 1.29 is 62.6 Å². The molecule has 0 aliphatic carbocycles. The molecule has 31 nitrogen and oxygen atoms in total. The smallest absolute Gasteiger partial charge is 0.326 e. The minimum Gasteiger partial charge on any atom is -0.480 e. The second-order valence-electron chi connectivity index (χ2n) is 21.3. The van der Waals surface area contributed by atoms with Gasteiger partial charge >= 0.3 is 5.97 Å². The molecule has 2 aromatic rings. The fraction of sp³-hybridized carbons (Fsp3) is 0.593. The minimum atomic E-state index is -1.46. The molecule has 0 fully saturated rings. The number of carboxylic acid groups (broad SMARTS) is 1. The number of aliphatic carboxylic acids is 1. The average Bonchev–Trinajstić information content (AvgIpc) is 3.54. The maximum absolute atomic E-state index is 14.3. The molecular formula is C54H88N18O13S2. The number of aromatic nitrogens is 2. The van der Waals surface area contributed by atoms with E-state index in [4.69, 9.17) is 22.9 Å². The third-order valence-electron chi connectivity index (χ3n) is 12.7. The molecule has 11 amide bonds. The highest BCUT2D eigenvalue weighted by Gasteiger charge is 2.34. The third-order valence-corrected chi connectivity index (χ3v) is 13.5. The largest absolute Gasteiger partial charge is 0.480 e. The number of benzene rings is 1. The van der Waals surface area contributed by atoms with Crippen LogP contribution in [0.15, 0.2) is 47.8 Å². The number of aliphatic imine (C=N–C) groups is 1. The summed E-state index contributed by atoms with van der Waals surface area (Å²) in [6.07, 6.45) is 3.82. The first-order chi connectivity index (χ1) is 41.2. The van der Waals surface area contributed by atoms with Crippen molar-refractivity contribution in [2.24, 2.45) is 39.8 Å². The number of carbonyl (C=O) groups excluding carboxylic acids is 11. The average molecular weight is 1260 g/mol. The van der Waals surface area contributed by atoms with E-state index < -0.39 is 145 Å². The Kier molecular flexibility index (Phi) is 34.8. The molecule has 1 heterocycles. The van der Waals surface area contributed by atoms with Crippen molar-refractivity contribution >= 4 is 102 Å². The molecule has 484 valence electrons. The Bertz CT molecular complexity index is 2610. The number of carboxylic acids is 1. The second kappa shape index (κ2) is 40.4. The highest BCUT2D eigenvalue weighted by atomic mass is 32.1. The number of unbranched alkanes of at least 4 members (excludes halogenated alkanes) is 1. The minimum absolute atomic E-state index is 0.0242. The van der Waals surface area contributed by atoms with Crippen LogP contribution in [0.25, 0.3) is 0 Å². The normalized spacial score (nSPS) is 14.1. The molecule has 0 saturated carbocycles. The number of nitrogens with one attached hydrogen (secondary N) is 12. The lowest BCUT2D eigenvalue weighted by Crippen LogP contribution is -2.60. The molecule has 0 aliphatic heterocycles. The first-order valence-electron chi connectivity index (χ1n) is 28.4. The fourth-order valence-corrected chi connectivity index (χ4v) is 8.69. The maximum Gasteiger partial charge on any atom is 0.326 e. The summed E-state index contributed by atoms with van der Waals surface area (Å²) in [5.41, 5.74) is 23.1. The molecule has 2 rings (SSSR count). The first kappa shape index (κ1) is 75.1. The highest BCUT2D eigenvalue weighted by molar-refractivity contribution is 7.80. The Hall–Kier alpha value is -8.04. The van der Waals surface area contributed by atoms with Crippen LogP contribution in [0, 0.1) is 11.8 Å². The van der Waals surface area contributed by atoms with E-state index in [1.807, 2.05) is 13.8 Å². The van der Waals surface area contributed by atoms with E-state index in [2.05, 4.69) is 98.7 Å². The van der Waals surface area contributed by atoms with Crippen LogP contribution in [0.2, 0.25) is 0 Å². The monoisotopic (exact) mass is 1260 g/mol. The Balaban J connectivity index is 2.29. The SMILES string of the molecule is CC(C)C[C@H](NC(=O)[C@H](C)N)C(=O)N[C@@H](CS)C(=O)NCC(=O)N[C@@H](CCCN=C(N)N)C(=O)N[C@@H](Cc1cnc[nH]1)C(=O)N[C@@H](CS)C(=O)N[C@@H](CC(C)C)C(=O)N[C@@H](Cc1ccccc1)C(=O)NCC(=O)NCC(=O)N[C@@H](CCCCN)C(=O)O. The lowest BCUT2D eigenvalue weighted by Gasteiger charge is -2.27. The predicted molar refractivity (Wildman–Crippen MR) is 328 cm³/mol. The van der Waals surface area contributed by atoms with Gasteiger partial charge in [0.1, 0.15) is 48.3 Å². The van der Waals surface area contributed by atoms with Gasteiger partial charge < -0.3 is 91.5 Å². The van der Waals surface area contributed by atoms with E-state index in [9.17, 15) is 62.6 Å². The van der Waals surface area contributed by atoms with E-state index >= 15 is 0 Å². The number of rotatable bonds is 41. The lowest BCUT2D eigenvalue weighted by atomic mass is 10.0. The van der Waals surface area contributed by atoms with Gasteiger partial charge in [0.05, 0.1) is 32.0 Å². The molecule has 33 heteroatoms. The van der Waals surface area contributed by atoms with Gasteiger partial charge in [0.25, 0.3) is 0 Å². The third kappa shape index (κ3) is 30.2. The number of carbonyl (C=O) groups is 12. The summed E-state index contributed by atoms with van der Waals surface area (Å²) in [5.74, 6) is -11.1. The summed E-state index contributed by atoms with van der Waals surface area (Å²) in [6, 6.07) is -2.78. The molecule has 0 radical (unpaired) electrons. The predicted octanol–water partition coefficient (Wildman–Crippen LogP) is -5.01. The summed E-state index contributed by atoms with van der Waals surface area (Å²) >= 11 is 8.51. The van der Waals surface area contributed by atoms with Crippen molar-refractivity contribution in [3.05, 3.63) is 54.1 Å². The number of thiol groups is 2. The Morgan fingerprint density at radius 1 is 0.540 bits per heavy atom. The number of aromatic amines is 1. The molecule has 0 bridgehead atoms. The molecule has 1 aromatic carbocycles. The van der Waals surface area contributed by atoms with E-state index in [1.165, 1.54) is 19.4 Å². The molecule has 21 N–H and O–H groups in total. The van der Waals surface area contributed by atoms with Crippen molar-refractivity contribution in [1.29, 1.82) is 0 Å². The zero-order valence-corrected chi connectivity index (χ0v) is 51.4. The van der Waals surface area contributed by atoms with Crippen LogP contribution >= 0.6 is 25.3 Å². The number of hydrogen-bond donors (Lipinski definition) is 19. The van der Waals surface area contributed by atoms with Crippen LogP contribution in [-0.4, -0.2) is 191 Å². The van der Waals surface area contributed by atoms with Gasteiger partial charge in [-0.2, -0.15) is 25.3 Å². The lowest BCUT2D eigenvalue weighted by molar-refractivity contribution is -0.142. The van der Waals surface area contributed by atoms with Gasteiger partial charge in [-0.3, -0.25) is 57.7 Å². The zero-order chi connectivity index (χ0) is 65.2. The van der Waals surface area contributed by atoms with E-state index in [0.717, 1.165) is 0 Å². The Morgan fingerprint density at radius 3 is 1.49 bits per heavy atom. The topological polar surface area (TPSA) is 503 Å². The molecular weight excluding hydrogens is 1170 g/mol. The second-order valence-corrected chi connectivity index (χ2v) is 22.0. The summed E-state index contributed by atoms with van der Waals surface area (Å²) < 4.78 is 0. The van der Waals surface area contributed by atoms with E-state index in [1.54, 1.807) is 44.2 Å². The number of guanidine groups is 1. The number of amides is 11. The van der Waals surface area contributed by atoms with Crippen molar-refractivity contribution in [3.63, 3.8) is 0 Å². The molecule has 87 heavy (non-hydrogen) atoms. The molecule has 0 saturated heterocycles. The van der Waals surface area contributed by atoms with Crippen molar-refractivity contribution in [2.75, 3.05) is 44.2 Å². The molecule has 9 atom stereocenters. The number of nitrogens with zero attached hydrogens (tertiary/aromatic N) is 2. The van der Waals surface area contributed by atoms with Crippen LogP contribution in [0.4, 0.5) is 0 Å². The Labute approximate surface area is 516 Å². The summed E-state index contributed by atoms with van der Waals surface area (Å²) in [7, 11) is 0. The van der Waals surface area contributed by atoms with Crippen LogP contribution in [0.1, 0.15) is 90.8 Å². The molecule has 0 aliphatic rings. The fourth-order valence-electron chi connectivity index (χ4n) is 8.18. The number of imidazole rings is 1. The van der Waals surface area contributed by atoms with Crippen molar-refractivity contribution in [1.82, 2.24) is 68.5 Å². The standard InChI is InChI=1S/C54H88N18O13S2/c1-29(2)18-36(67-45(76)31(5)56)50(81)71-40(26-86)47(78)63-25-44(75)65-34(15-11-17-60-54(57)58)48(79)70-39(21-33-22-59-28-64-33)51(82)72-41(27-87)52(83)68-37(19-30(3)4)49(80)69-38(20-32-12-7-6-8-13-32)46(77)62-23-42(73)61-24-43(74)66-35(53(84)85)14-9-10-16-55/h6-8,12-13,22,28-31,34-41,86-87H,9-11,14-21,23-27,55-56H2,1-5H3,(H,59,64)(H,61,73)(H,62,77)(H,63,78)(H,65,75)(H,66,74)(H,67,76)(H,68,83)(H,69,80)(H,70,79)(H,71,81)(H,72,82)(H,84,85)(H4,57,58,60)/t31-,34-,35-,36-,37-,38-,39-,40-,41-/m0/s1. The summed E-state index contributed by atoms with van der Waals surface area (Å²) in [4.78, 5) is 170. The zero-order valence-electron chi connectivity index (χ0n) is 49.7. The van der Waals surface area contributed by atoms with Crippen molar-refractivity contribution in [3.8, 4) is 0 Å². The van der Waals surface area contributed by atoms with Gasteiger partial charge in [0.15, 0.2) is 5.96 Å². The van der Waals surface area contributed by atoms with Gasteiger partial charge in [0, 0.05) is 42.8 Å². The van der Waals surface area contributed by atoms with E-state index in [-0.39, 0.29) is 80.8 Å². The Morgan fingerprint density at radius 2 is 0.989 bits per heavy atom. The van der Waals surface area contributed by atoms with E-state index in [0.29, 0.717) is 30.6 Å². The number of hydrogen-bond acceptors (Lipinski definition) is 18. The number of nitrogens with two attached hydrogens (primary N) is 4. The van der Waals surface area contributed by atoms with Gasteiger partial charge in [-0.1, -0.05) is 58.0 Å². The highest BCUT2D eigenvalue weighted by Crippen LogP contribution is 2.11. The van der Waals surface area contributed by atoms with Crippen LogP contribution in [0.5, 0.6) is 0 Å². The van der Waals surface area contributed by atoms with Crippen LogP contribution < -0.4 is 81.4 Å². The summed E-state index contributed by atoms with van der Waals surface area (Å²) in [5, 5.41) is 37.1. The van der Waals surface area contributed by atoms with Crippen LogP contribution in [0.3, 0.4) is 0 Å². The quantitative estimate of drug-likeness (QED) is 0.0128. The van der Waals surface area contributed by atoms with Gasteiger partial charge in [-0.15, -0.1) is 0 Å². The summed E-state index contributed by atoms with van der Waals surface area (Å²) in [6.45, 7) is 7.09. The molecule has 0 unspecified atom stereocenters. The van der Waals surface area contributed by atoms with Gasteiger partial charge in [0.2, 0.25) is 65.0 Å². The maximum atomic E-state index is 14.3. The van der Waals surface area contributed by atoms with Crippen molar-refractivity contribution in [2.45, 2.75) is 147 Å². The number of H-pyrrole nitrogens is 1. The first-order valence-corrected chi connectivity index (χ1v) is 29.6. The molecule has 1 aromatic heterocycles. The van der Waals surface area contributed by atoms with Crippen LogP contribution in [-0.2, 0) is 70.4 Å². The molecule has 0 spiro atoms. The van der Waals surface area contributed by atoms with Gasteiger partial charge in [-0.05, 0) is 75.8 Å².